The summed E-state index contributed by atoms with van der Waals surface area (Å²) in [6.07, 6.45) is 0. The smallest absolute Gasteiger partial charge is 0.0725 e. The van der Waals surface area contributed by atoms with Crippen LogP contribution in [0.25, 0.3) is 64.7 Å². The van der Waals surface area contributed by atoms with E-state index in [1.54, 1.807) is 0 Å². The van der Waals surface area contributed by atoms with E-state index >= 15 is 0 Å². The molecule has 0 N–H and O–H groups in total. The van der Waals surface area contributed by atoms with Crippen LogP contribution in [0.5, 0.6) is 0 Å². The number of hydrogen-bond acceptors (Lipinski definition) is 2. The SMILES string of the molecule is c1ccc(N(c2ccccc2)c2ccc(-c3cc(-c4ccc5c(c4)C4(c6ccccc6-c6ccccc64)c4ccccc4-5)cc4c3sc3ccccc34)cc2)cc1. The molecule has 10 aromatic rings. The molecule has 0 radical (unpaired) electrons. The maximum atomic E-state index is 2.51. The van der Waals surface area contributed by atoms with Gasteiger partial charge in [0.2, 0.25) is 0 Å². The molecular formula is C55H35NS. The van der Waals surface area contributed by atoms with E-state index in [1.807, 2.05) is 11.3 Å². The van der Waals surface area contributed by atoms with Crippen molar-refractivity contribution >= 4 is 48.6 Å². The maximum absolute atomic E-state index is 2.51. The molecule has 0 atom stereocenters. The molecule has 0 saturated heterocycles. The standard InChI is InChI=1S/C55H35NS/c1-3-15-39(16-4-1)56(40-17-5-2-6-18-40)41-30-27-36(28-31-41)47-33-38(34-48-46-22-10-14-26-53(46)57-54(47)48)37-29-32-45-44-21-9-13-25-51(44)55(52(45)35-37)49-23-11-7-19-42(49)43-20-8-12-24-50(43)55/h1-35H. The summed E-state index contributed by atoms with van der Waals surface area (Å²) < 4.78 is 2.63. The van der Waals surface area contributed by atoms with Gasteiger partial charge < -0.3 is 4.90 Å². The van der Waals surface area contributed by atoms with Crippen LogP contribution in [0.4, 0.5) is 17.1 Å². The van der Waals surface area contributed by atoms with Crippen LogP contribution in [-0.4, -0.2) is 0 Å². The number of para-hydroxylation sites is 2. The second kappa shape index (κ2) is 12.5. The van der Waals surface area contributed by atoms with Crippen molar-refractivity contribution in [2.75, 3.05) is 4.90 Å². The normalized spacial score (nSPS) is 13.1. The largest absolute Gasteiger partial charge is 0.311 e. The van der Waals surface area contributed by atoms with Crippen molar-refractivity contribution in [3.8, 4) is 44.5 Å². The number of thiophene rings is 1. The Balaban J connectivity index is 1.06. The van der Waals surface area contributed by atoms with Crippen LogP contribution in [0.2, 0.25) is 0 Å². The monoisotopic (exact) mass is 741 g/mol. The first-order chi connectivity index (χ1) is 28.3. The average molecular weight is 742 g/mol. The summed E-state index contributed by atoms with van der Waals surface area (Å²) in [7, 11) is 0. The first-order valence-electron chi connectivity index (χ1n) is 19.7. The lowest BCUT2D eigenvalue weighted by atomic mass is 9.70. The van der Waals surface area contributed by atoms with Crippen LogP contribution in [0.3, 0.4) is 0 Å². The molecule has 1 nitrogen and oxygen atoms in total. The van der Waals surface area contributed by atoms with E-state index < -0.39 is 0 Å². The molecule has 0 bridgehead atoms. The molecular weight excluding hydrogens is 707 g/mol. The van der Waals surface area contributed by atoms with Gasteiger partial charge >= 0.3 is 0 Å². The molecule has 0 amide bonds. The number of hydrogen-bond donors (Lipinski definition) is 0. The second-order valence-corrected chi connectivity index (χ2v) is 16.3. The Morgan fingerprint density at radius 3 is 1.42 bits per heavy atom. The predicted molar refractivity (Wildman–Crippen MR) is 241 cm³/mol. The summed E-state index contributed by atoms with van der Waals surface area (Å²) in [4.78, 5) is 2.33. The van der Waals surface area contributed by atoms with Crippen molar-refractivity contribution in [3.63, 3.8) is 0 Å². The molecule has 2 aliphatic carbocycles. The minimum atomic E-state index is -0.379. The molecule has 0 aliphatic heterocycles. The number of rotatable bonds is 5. The van der Waals surface area contributed by atoms with E-state index in [2.05, 4.69) is 217 Å². The van der Waals surface area contributed by atoms with Crippen LogP contribution >= 0.6 is 11.3 Å². The predicted octanol–water partition coefficient (Wildman–Crippen LogP) is 15.2. The second-order valence-electron chi connectivity index (χ2n) is 15.2. The van der Waals surface area contributed by atoms with Crippen LogP contribution in [0.1, 0.15) is 22.3 Å². The first-order valence-corrected chi connectivity index (χ1v) is 20.5. The van der Waals surface area contributed by atoms with Gasteiger partial charge in [0.05, 0.1) is 5.41 Å². The van der Waals surface area contributed by atoms with Gasteiger partial charge in [-0.1, -0.05) is 152 Å². The van der Waals surface area contributed by atoms with Gasteiger partial charge in [0.1, 0.15) is 0 Å². The number of fused-ring (bicyclic) bond motifs is 13. The van der Waals surface area contributed by atoms with Gasteiger partial charge in [-0.05, 0) is 122 Å². The van der Waals surface area contributed by atoms with E-state index in [1.165, 1.54) is 86.9 Å². The molecule has 9 aromatic carbocycles. The van der Waals surface area contributed by atoms with Crippen LogP contribution in [-0.2, 0) is 5.41 Å². The Morgan fingerprint density at radius 1 is 0.316 bits per heavy atom. The van der Waals surface area contributed by atoms with Crippen molar-refractivity contribution in [3.05, 3.63) is 235 Å². The van der Waals surface area contributed by atoms with Gasteiger partial charge in [0.25, 0.3) is 0 Å². The third kappa shape index (κ3) is 4.68. The molecule has 12 rings (SSSR count). The fraction of sp³-hybridized carbons (Fsp3) is 0.0182. The van der Waals surface area contributed by atoms with E-state index in [4.69, 9.17) is 0 Å². The third-order valence-electron chi connectivity index (χ3n) is 12.3. The van der Waals surface area contributed by atoms with E-state index in [9.17, 15) is 0 Å². The minimum absolute atomic E-state index is 0.379. The average Bonchev–Trinajstić information content (AvgIpc) is 3.91. The van der Waals surface area contributed by atoms with E-state index in [-0.39, 0.29) is 5.41 Å². The zero-order chi connectivity index (χ0) is 37.5. The molecule has 0 saturated carbocycles. The van der Waals surface area contributed by atoms with Gasteiger partial charge in [0.15, 0.2) is 0 Å². The lowest BCUT2D eigenvalue weighted by Crippen LogP contribution is -2.25. The summed E-state index contributed by atoms with van der Waals surface area (Å²) in [6, 6.07) is 78.6. The molecule has 1 spiro atoms. The summed E-state index contributed by atoms with van der Waals surface area (Å²) in [6.45, 7) is 0. The highest BCUT2D eigenvalue weighted by molar-refractivity contribution is 7.26. The minimum Gasteiger partial charge on any atom is -0.311 e. The number of anilines is 3. The Labute approximate surface area is 336 Å². The molecule has 1 heterocycles. The Kier molecular flexibility index (Phi) is 7.08. The molecule has 266 valence electrons. The third-order valence-corrected chi connectivity index (χ3v) is 13.5. The zero-order valence-electron chi connectivity index (χ0n) is 31.1. The Bertz CT molecular complexity index is 3070. The molecule has 0 fully saturated rings. The van der Waals surface area contributed by atoms with Gasteiger partial charge in [-0.3, -0.25) is 0 Å². The van der Waals surface area contributed by atoms with Crippen LogP contribution < -0.4 is 4.90 Å². The highest BCUT2D eigenvalue weighted by Gasteiger charge is 2.51. The van der Waals surface area contributed by atoms with Crippen molar-refractivity contribution in [1.29, 1.82) is 0 Å². The van der Waals surface area contributed by atoms with Crippen LogP contribution in [0.15, 0.2) is 212 Å². The van der Waals surface area contributed by atoms with E-state index in [0.717, 1.165) is 17.1 Å². The maximum Gasteiger partial charge on any atom is 0.0725 e. The summed E-state index contributed by atoms with van der Waals surface area (Å²) in [5.41, 5.74) is 18.7. The van der Waals surface area contributed by atoms with Gasteiger partial charge in [-0.25, -0.2) is 0 Å². The topological polar surface area (TPSA) is 3.24 Å². The first kappa shape index (κ1) is 32.3. The summed E-state index contributed by atoms with van der Waals surface area (Å²) in [5, 5.41) is 2.61. The lowest BCUT2D eigenvalue weighted by Gasteiger charge is -2.30. The van der Waals surface area contributed by atoms with Crippen molar-refractivity contribution in [2.45, 2.75) is 5.41 Å². The molecule has 1 aromatic heterocycles. The summed E-state index contributed by atoms with van der Waals surface area (Å²) in [5.74, 6) is 0. The summed E-state index contributed by atoms with van der Waals surface area (Å²) >= 11 is 1.89. The van der Waals surface area contributed by atoms with E-state index in [0.29, 0.717) is 0 Å². The van der Waals surface area contributed by atoms with Gasteiger partial charge in [-0.15, -0.1) is 11.3 Å². The number of benzene rings is 9. The Morgan fingerprint density at radius 2 is 0.807 bits per heavy atom. The molecule has 2 aliphatic rings. The fourth-order valence-corrected chi connectivity index (χ4v) is 11.1. The van der Waals surface area contributed by atoms with Crippen LogP contribution in [0, 0.1) is 0 Å². The molecule has 2 heteroatoms. The van der Waals surface area contributed by atoms with Crippen molar-refractivity contribution < 1.29 is 0 Å². The fourth-order valence-electron chi connectivity index (χ4n) is 9.87. The highest BCUT2D eigenvalue weighted by atomic mass is 32.1. The molecule has 57 heavy (non-hydrogen) atoms. The zero-order valence-corrected chi connectivity index (χ0v) is 31.9. The lowest BCUT2D eigenvalue weighted by molar-refractivity contribution is 0.794. The van der Waals surface area contributed by atoms with Crippen molar-refractivity contribution in [2.24, 2.45) is 0 Å². The Hall–Kier alpha value is -7.00. The molecule has 0 unspecified atom stereocenters. The van der Waals surface area contributed by atoms with Gasteiger partial charge in [-0.2, -0.15) is 0 Å². The highest BCUT2D eigenvalue weighted by Crippen LogP contribution is 2.63. The van der Waals surface area contributed by atoms with Gasteiger partial charge in [0, 0.05) is 42.8 Å². The van der Waals surface area contributed by atoms with Crippen molar-refractivity contribution in [1.82, 2.24) is 0 Å². The quantitative estimate of drug-likeness (QED) is 0.170. The number of nitrogens with zero attached hydrogens (tertiary/aromatic N) is 1.